The molecule has 0 spiro atoms. The van der Waals surface area contributed by atoms with Gasteiger partial charge in [0.2, 0.25) is 5.91 Å². The van der Waals surface area contributed by atoms with Crippen molar-refractivity contribution in [3.63, 3.8) is 0 Å². The first-order valence-electron chi connectivity index (χ1n) is 4.70. The van der Waals surface area contributed by atoms with Gasteiger partial charge in [-0.15, -0.1) is 0 Å². The van der Waals surface area contributed by atoms with Gasteiger partial charge in [-0.1, -0.05) is 11.6 Å². The first-order chi connectivity index (χ1) is 7.22. The minimum absolute atomic E-state index is 0.104. The van der Waals surface area contributed by atoms with Gasteiger partial charge in [-0.05, 0) is 6.92 Å². The second-order valence-electron chi connectivity index (χ2n) is 3.28. The summed E-state index contributed by atoms with van der Waals surface area (Å²) in [4.78, 5) is 23.0. The Labute approximate surface area is 92.7 Å². The Kier molecular flexibility index (Phi) is 2.73. The van der Waals surface area contributed by atoms with Gasteiger partial charge in [0.05, 0.1) is 12.9 Å². The van der Waals surface area contributed by atoms with E-state index in [4.69, 9.17) is 11.6 Å². The Balaban J connectivity index is 2.21. The second-order valence-corrected chi connectivity index (χ2v) is 3.69. The summed E-state index contributed by atoms with van der Waals surface area (Å²) < 4.78 is 0. The van der Waals surface area contributed by atoms with Crippen molar-refractivity contribution in [2.24, 2.45) is 0 Å². The van der Waals surface area contributed by atoms with Gasteiger partial charge in [-0.25, -0.2) is 9.97 Å². The molecule has 5 nitrogen and oxygen atoms in total. The molecule has 0 aliphatic carbocycles. The van der Waals surface area contributed by atoms with Crippen LogP contribution in [0.15, 0.2) is 12.5 Å². The molecule has 1 aromatic heterocycles. The van der Waals surface area contributed by atoms with Crippen molar-refractivity contribution in [2.45, 2.75) is 6.92 Å². The van der Waals surface area contributed by atoms with Crippen LogP contribution in [-0.4, -0.2) is 40.5 Å². The lowest BCUT2D eigenvalue weighted by Crippen LogP contribution is -2.27. The van der Waals surface area contributed by atoms with E-state index in [1.165, 1.54) is 12.5 Å². The smallest absolute Gasteiger partial charge is 0.243 e. The molecule has 1 aliphatic heterocycles. The predicted octanol–water partition coefficient (Wildman–Crippen LogP) is 0.756. The molecule has 6 heteroatoms. The second kappa shape index (κ2) is 4.02. The highest BCUT2D eigenvalue weighted by Gasteiger charge is 2.28. The molecule has 2 rings (SSSR count). The topological polar surface area (TPSA) is 49.3 Å². The molecule has 1 fully saturated rings. The van der Waals surface area contributed by atoms with E-state index in [0.29, 0.717) is 30.6 Å². The molecule has 0 saturated carbocycles. The monoisotopic (exact) mass is 226 g/mol. The number of hydrogen-bond donors (Lipinski definition) is 0. The summed E-state index contributed by atoms with van der Waals surface area (Å²) in [6, 6.07) is 0. The number of carbonyl (C=O) groups excluding carboxylic acids is 1. The Morgan fingerprint density at radius 2 is 2.40 bits per heavy atom. The molecular formula is C9H11ClN4O. The summed E-state index contributed by atoms with van der Waals surface area (Å²) in [5.41, 5.74) is 0. The molecule has 0 N–H and O–H groups in total. The largest absolute Gasteiger partial charge is 0.328 e. The molecule has 1 saturated heterocycles. The third-order valence-electron chi connectivity index (χ3n) is 2.35. The fraction of sp³-hybridized carbons (Fsp3) is 0.444. The van der Waals surface area contributed by atoms with Gasteiger partial charge < -0.3 is 9.80 Å². The number of aromatic nitrogens is 2. The summed E-state index contributed by atoms with van der Waals surface area (Å²) in [7, 11) is 0. The van der Waals surface area contributed by atoms with E-state index in [1.54, 1.807) is 4.90 Å². The summed E-state index contributed by atoms with van der Waals surface area (Å²) >= 11 is 5.95. The van der Waals surface area contributed by atoms with E-state index in [-0.39, 0.29) is 5.91 Å². The quantitative estimate of drug-likeness (QED) is 0.747. The molecule has 0 aromatic carbocycles. The Hall–Kier alpha value is -1.36. The predicted molar refractivity (Wildman–Crippen MR) is 56.6 cm³/mol. The zero-order valence-corrected chi connectivity index (χ0v) is 9.11. The van der Waals surface area contributed by atoms with Crippen molar-refractivity contribution in [1.29, 1.82) is 0 Å². The fourth-order valence-electron chi connectivity index (χ4n) is 1.56. The van der Waals surface area contributed by atoms with Gasteiger partial charge in [-0.3, -0.25) is 4.79 Å². The Morgan fingerprint density at radius 1 is 1.60 bits per heavy atom. The molecule has 1 amide bonds. The Morgan fingerprint density at radius 3 is 3.00 bits per heavy atom. The third-order valence-corrected chi connectivity index (χ3v) is 2.62. The van der Waals surface area contributed by atoms with E-state index in [2.05, 4.69) is 9.97 Å². The summed E-state index contributed by atoms with van der Waals surface area (Å²) in [6.07, 6.45) is 2.96. The van der Waals surface area contributed by atoms with Crippen LogP contribution in [0.2, 0.25) is 5.02 Å². The van der Waals surface area contributed by atoms with Crippen molar-refractivity contribution in [2.75, 3.05) is 24.7 Å². The molecule has 0 unspecified atom stereocenters. The lowest BCUT2D eigenvalue weighted by molar-refractivity contribution is -0.126. The van der Waals surface area contributed by atoms with Crippen LogP contribution in [0.4, 0.5) is 5.82 Å². The maximum absolute atomic E-state index is 11.5. The van der Waals surface area contributed by atoms with Gasteiger partial charge in [0.1, 0.15) is 17.9 Å². The maximum atomic E-state index is 11.5. The van der Waals surface area contributed by atoms with Crippen molar-refractivity contribution in [1.82, 2.24) is 14.9 Å². The fourth-order valence-corrected chi connectivity index (χ4v) is 1.78. The molecular weight excluding hydrogens is 216 g/mol. The van der Waals surface area contributed by atoms with Crippen molar-refractivity contribution >= 4 is 23.3 Å². The highest BCUT2D eigenvalue weighted by atomic mass is 35.5. The molecule has 2 heterocycles. The number of amides is 1. The number of likely N-dealkylation sites (N-methyl/N-ethyl adjacent to an activating group) is 1. The number of carbonyl (C=O) groups is 1. The first kappa shape index (κ1) is 10.2. The van der Waals surface area contributed by atoms with Crippen LogP contribution in [0.25, 0.3) is 0 Å². The van der Waals surface area contributed by atoms with Crippen LogP contribution in [0.1, 0.15) is 6.92 Å². The van der Waals surface area contributed by atoms with Crippen molar-refractivity contribution in [3.8, 4) is 0 Å². The molecule has 0 radical (unpaired) electrons. The molecule has 0 bridgehead atoms. The van der Waals surface area contributed by atoms with Gasteiger partial charge >= 0.3 is 0 Å². The van der Waals surface area contributed by atoms with Gasteiger partial charge in [-0.2, -0.15) is 0 Å². The molecule has 1 aliphatic rings. The number of nitrogens with zero attached hydrogens (tertiary/aromatic N) is 4. The molecule has 15 heavy (non-hydrogen) atoms. The minimum atomic E-state index is 0.104. The lowest BCUT2D eigenvalue weighted by atomic mass is 10.5. The number of hydrogen-bond acceptors (Lipinski definition) is 4. The molecule has 1 aromatic rings. The van der Waals surface area contributed by atoms with E-state index in [9.17, 15) is 4.79 Å². The van der Waals surface area contributed by atoms with Crippen LogP contribution >= 0.6 is 11.6 Å². The van der Waals surface area contributed by atoms with Crippen LogP contribution in [0.5, 0.6) is 0 Å². The van der Waals surface area contributed by atoms with Gasteiger partial charge in [0.15, 0.2) is 5.82 Å². The van der Waals surface area contributed by atoms with Crippen LogP contribution < -0.4 is 4.90 Å². The third kappa shape index (κ3) is 1.87. The highest BCUT2D eigenvalue weighted by molar-refractivity contribution is 6.32. The van der Waals surface area contributed by atoms with Gasteiger partial charge in [0, 0.05) is 6.54 Å². The standard InChI is InChI=1S/C9H11ClN4O/c1-2-13-6-14(4-8(13)15)9-7(10)3-11-5-12-9/h3,5H,2,4,6H2,1H3. The maximum Gasteiger partial charge on any atom is 0.243 e. The average Bonchev–Trinajstić information content (AvgIpc) is 2.60. The van der Waals surface area contributed by atoms with Crippen LogP contribution in [-0.2, 0) is 4.79 Å². The number of halogens is 1. The van der Waals surface area contributed by atoms with E-state index in [1.807, 2.05) is 11.8 Å². The molecule has 80 valence electrons. The van der Waals surface area contributed by atoms with Gasteiger partial charge in [0.25, 0.3) is 0 Å². The van der Waals surface area contributed by atoms with Crippen LogP contribution in [0.3, 0.4) is 0 Å². The highest BCUT2D eigenvalue weighted by Crippen LogP contribution is 2.23. The normalized spacial score (nSPS) is 16.3. The average molecular weight is 227 g/mol. The SMILES string of the molecule is CCN1CN(c2ncncc2Cl)CC1=O. The lowest BCUT2D eigenvalue weighted by Gasteiger charge is -2.17. The van der Waals surface area contributed by atoms with Crippen molar-refractivity contribution < 1.29 is 4.79 Å². The summed E-state index contributed by atoms with van der Waals surface area (Å²) in [5.74, 6) is 0.725. The first-order valence-corrected chi connectivity index (χ1v) is 5.08. The van der Waals surface area contributed by atoms with Crippen molar-refractivity contribution in [3.05, 3.63) is 17.5 Å². The van der Waals surface area contributed by atoms with Crippen LogP contribution in [0, 0.1) is 0 Å². The zero-order chi connectivity index (χ0) is 10.8. The van der Waals surface area contributed by atoms with E-state index in [0.717, 1.165) is 0 Å². The number of anilines is 1. The zero-order valence-electron chi connectivity index (χ0n) is 8.35. The summed E-state index contributed by atoms with van der Waals surface area (Å²) in [5, 5.41) is 0.475. The summed E-state index contributed by atoms with van der Waals surface area (Å²) in [6.45, 7) is 3.54. The Bertz CT molecular complexity index is 384. The number of rotatable bonds is 2. The molecule has 0 atom stereocenters. The van der Waals surface area contributed by atoms with E-state index >= 15 is 0 Å². The van der Waals surface area contributed by atoms with E-state index < -0.39 is 0 Å². The minimum Gasteiger partial charge on any atom is -0.328 e.